The Kier molecular flexibility index (Phi) is 4.78. The first-order chi connectivity index (χ1) is 17.9. The Morgan fingerprint density at radius 1 is 1.22 bits per heavy atom. The lowest BCUT2D eigenvalue weighted by molar-refractivity contribution is -0.184. The Bertz CT molecular complexity index is 1790. The van der Waals surface area contributed by atoms with Gasteiger partial charge in [-0.2, -0.15) is 5.10 Å². The van der Waals surface area contributed by atoms with Crippen molar-refractivity contribution in [1.29, 1.82) is 0 Å². The molecule has 1 saturated carbocycles. The van der Waals surface area contributed by atoms with Gasteiger partial charge in [0.2, 0.25) is 0 Å². The molecule has 11 nitrogen and oxygen atoms in total. The smallest absolute Gasteiger partial charge is 0.258 e. The molecule has 1 amide bonds. The quantitative estimate of drug-likeness (QED) is 0.351. The lowest BCUT2D eigenvalue weighted by Crippen LogP contribution is -2.46. The maximum atomic E-state index is 12.7. The summed E-state index contributed by atoms with van der Waals surface area (Å²) in [4.78, 5) is 33.4. The number of aromatic nitrogens is 6. The third-order valence-electron chi connectivity index (χ3n) is 6.95. The normalized spacial score (nSPS) is 17.4. The first kappa shape index (κ1) is 21.9. The van der Waals surface area contributed by atoms with E-state index >= 15 is 0 Å². The van der Waals surface area contributed by atoms with E-state index in [9.17, 15) is 14.7 Å². The molecule has 11 heteroatoms. The average molecular weight is 498 g/mol. The van der Waals surface area contributed by atoms with Gasteiger partial charge in [-0.1, -0.05) is 0 Å². The highest BCUT2D eigenvalue weighted by molar-refractivity contribution is 5.96. The number of nitrogens with zero attached hydrogens (tertiary/aromatic N) is 6. The van der Waals surface area contributed by atoms with Gasteiger partial charge in [0.1, 0.15) is 16.6 Å². The summed E-state index contributed by atoms with van der Waals surface area (Å²) in [6.07, 6.45) is 14.2. The van der Waals surface area contributed by atoms with Crippen LogP contribution in [0, 0.1) is 0 Å². The number of aliphatic hydroxyl groups is 1. The predicted octanol–water partition coefficient (Wildman–Crippen LogP) is 0.569. The Morgan fingerprint density at radius 2 is 2.08 bits per heavy atom. The summed E-state index contributed by atoms with van der Waals surface area (Å²) in [6.45, 7) is 0.893. The number of hydrogen-bond acceptors (Lipinski definition) is 7. The highest BCUT2D eigenvalue weighted by atomic mass is 16.5. The summed E-state index contributed by atoms with van der Waals surface area (Å²) in [5.74, 6) is 0.189. The van der Waals surface area contributed by atoms with Crippen molar-refractivity contribution in [3.05, 3.63) is 93.5 Å². The van der Waals surface area contributed by atoms with E-state index in [-0.39, 0.29) is 24.5 Å². The number of ether oxygens (including phenoxy) is 1. The van der Waals surface area contributed by atoms with Crippen molar-refractivity contribution in [3.8, 4) is 0 Å². The molecule has 1 aliphatic heterocycles. The van der Waals surface area contributed by atoms with Crippen LogP contribution in [0.15, 0.2) is 60.3 Å². The van der Waals surface area contributed by atoms with Crippen LogP contribution < -0.4 is 16.1 Å². The second-order valence-electron chi connectivity index (χ2n) is 9.78. The second kappa shape index (κ2) is 8.08. The molecule has 0 spiro atoms. The number of nitrogens with one attached hydrogen (secondary N) is 1. The Hall–Kier alpha value is -4.35. The number of amides is 1. The van der Waals surface area contributed by atoms with Crippen molar-refractivity contribution in [2.75, 3.05) is 13.2 Å². The van der Waals surface area contributed by atoms with E-state index in [1.165, 1.54) is 30.1 Å². The summed E-state index contributed by atoms with van der Waals surface area (Å²) in [6, 6.07) is 4.98. The highest BCUT2D eigenvalue weighted by Gasteiger charge is 2.41. The molecular formula is C26H23N7O4. The number of fused-ring (bicyclic) bond motifs is 2. The minimum absolute atomic E-state index is 0.131. The molecule has 2 fully saturated rings. The Morgan fingerprint density at radius 3 is 2.86 bits per heavy atom. The van der Waals surface area contributed by atoms with Crippen molar-refractivity contribution >= 4 is 23.3 Å². The summed E-state index contributed by atoms with van der Waals surface area (Å²) in [7, 11) is 0. The van der Waals surface area contributed by atoms with Crippen LogP contribution in [0.1, 0.15) is 45.9 Å². The van der Waals surface area contributed by atoms with Crippen molar-refractivity contribution in [2.24, 2.45) is 0 Å². The molecule has 1 aliphatic carbocycles. The van der Waals surface area contributed by atoms with Crippen LogP contribution in [-0.2, 0) is 16.9 Å². The van der Waals surface area contributed by atoms with Crippen LogP contribution in [0.5, 0.6) is 0 Å². The van der Waals surface area contributed by atoms with Gasteiger partial charge in [0.25, 0.3) is 5.91 Å². The molecule has 2 aliphatic rings. The molecule has 5 aromatic heterocycles. The lowest BCUT2D eigenvalue weighted by Gasteiger charge is -2.37. The minimum Gasteiger partial charge on any atom is -0.380 e. The molecule has 0 bridgehead atoms. The van der Waals surface area contributed by atoms with E-state index in [2.05, 4.69) is 27.7 Å². The van der Waals surface area contributed by atoms with Gasteiger partial charge >= 0.3 is 0 Å². The first-order valence-electron chi connectivity index (χ1n) is 12.1. The summed E-state index contributed by atoms with van der Waals surface area (Å²) < 4.78 is 10.6. The van der Waals surface area contributed by atoms with Gasteiger partial charge in [-0.15, -0.1) is 0 Å². The maximum absolute atomic E-state index is 12.7. The van der Waals surface area contributed by atoms with Crippen molar-refractivity contribution in [1.82, 2.24) is 33.9 Å². The fourth-order valence-corrected chi connectivity index (χ4v) is 4.73. The molecule has 0 atom stereocenters. The number of imidazole rings is 2. The van der Waals surface area contributed by atoms with Crippen LogP contribution in [-0.4, -0.2) is 52.8 Å². The fourth-order valence-electron chi connectivity index (χ4n) is 4.73. The largest absolute Gasteiger partial charge is 0.380 e. The molecule has 6 heterocycles. The van der Waals surface area contributed by atoms with Crippen LogP contribution in [0.25, 0.3) is 17.4 Å². The number of rotatable bonds is 6. The van der Waals surface area contributed by atoms with Gasteiger partial charge in [0.15, 0.2) is 5.43 Å². The van der Waals surface area contributed by atoms with E-state index in [1.54, 1.807) is 27.8 Å². The Labute approximate surface area is 209 Å². The minimum atomic E-state index is -1.02. The zero-order valence-electron chi connectivity index (χ0n) is 19.7. The van der Waals surface area contributed by atoms with Gasteiger partial charge in [-0.3, -0.25) is 14.3 Å². The molecule has 1 saturated heterocycles. The zero-order valence-corrected chi connectivity index (χ0v) is 19.7. The number of carbonyl (C=O) groups is 1. The van der Waals surface area contributed by atoms with E-state index in [0.717, 1.165) is 24.1 Å². The van der Waals surface area contributed by atoms with Crippen molar-refractivity contribution in [2.45, 2.75) is 30.9 Å². The summed E-state index contributed by atoms with van der Waals surface area (Å²) in [5, 5.41) is 18.5. The molecule has 7 rings (SSSR count). The number of hydrogen-bond donors (Lipinski definition) is 2. The SMILES string of the molecule is O=C(N/C=c1\ncn2ccc(=O)cc12)c1cnn(Cc2cn3cc(C4CC4)cc(C4(O)COC4)c3n2)c1. The van der Waals surface area contributed by atoms with E-state index in [4.69, 9.17) is 9.72 Å². The lowest BCUT2D eigenvalue weighted by atomic mass is 9.91. The third kappa shape index (κ3) is 3.88. The third-order valence-corrected chi connectivity index (χ3v) is 6.95. The van der Waals surface area contributed by atoms with Crippen LogP contribution in [0.4, 0.5) is 0 Å². The molecule has 37 heavy (non-hydrogen) atoms. The fraction of sp³-hybridized carbons (Fsp3) is 0.269. The Balaban J connectivity index is 1.12. The second-order valence-corrected chi connectivity index (χ2v) is 9.78. The molecule has 186 valence electrons. The van der Waals surface area contributed by atoms with E-state index in [0.29, 0.717) is 34.5 Å². The standard InChI is InChI=1S/C26H23N7O4/c34-20-3-4-31-15-28-22(23(31)6-20)8-27-25(35)18-7-29-33(10-18)12-19-11-32-9-17(16-1-2-16)5-21(24(32)30-19)26(36)13-37-14-26/h3-11,15-16,36H,1-2,12-14H2,(H,27,35)/b22-8-. The van der Waals surface area contributed by atoms with Crippen LogP contribution in [0.3, 0.4) is 0 Å². The number of pyridine rings is 2. The molecule has 0 radical (unpaired) electrons. The van der Waals surface area contributed by atoms with Gasteiger partial charge in [-0.05, 0) is 30.4 Å². The highest BCUT2D eigenvalue weighted by Crippen LogP contribution is 2.42. The molecule has 5 aromatic rings. The maximum Gasteiger partial charge on any atom is 0.258 e. The predicted molar refractivity (Wildman–Crippen MR) is 132 cm³/mol. The first-order valence-corrected chi connectivity index (χ1v) is 12.1. The van der Waals surface area contributed by atoms with Crippen molar-refractivity contribution < 1.29 is 14.6 Å². The molecule has 0 unspecified atom stereocenters. The number of carbonyl (C=O) groups excluding carboxylic acids is 1. The zero-order chi connectivity index (χ0) is 25.1. The summed E-state index contributed by atoms with van der Waals surface area (Å²) >= 11 is 0. The average Bonchev–Trinajstić information content (AvgIpc) is 3.28. The van der Waals surface area contributed by atoms with E-state index in [1.807, 2.05) is 10.6 Å². The van der Waals surface area contributed by atoms with Crippen LogP contribution in [0.2, 0.25) is 0 Å². The van der Waals surface area contributed by atoms with Gasteiger partial charge in [-0.25, -0.2) is 9.97 Å². The van der Waals surface area contributed by atoms with E-state index < -0.39 is 5.60 Å². The van der Waals surface area contributed by atoms with Gasteiger partial charge in [0, 0.05) is 48.7 Å². The van der Waals surface area contributed by atoms with Gasteiger partial charge in [0.05, 0.1) is 49.1 Å². The van der Waals surface area contributed by atoms with Crippen LogP contribution >= 0.6 is 0 Å². The molecular weight excluding hydrogens is 474 g/mol. The molecule has 0 aromatic carbocycles. The summed E-state index contributed by atoms with van der Waals surface area (Å²) in [5.41, 5.74) is 3.31. The monoisotopic (exact) mass is 497 g/mol. The topological polar surface area (TPSA) is 128 Å². The van der Waals surface area contributed by atoms with Gasteiger partial charge < -0.3 is 24.0 Å². The van der Waals surface area contributed by atoms with Crippen molar-refractivity contribution in [3.63, 3.8) is 0 Å². The molecule has 2 N–H and O–H groups in total.